The van der Waals surface area contributed by atoms with Gasteiger partial charge in [0.2, 0.25) is 0 Å². The molecule has 0 saturated carbocycles. The van der Waals surface area contributed by atoms with Gasteiger partial charge in [-0.25, -0.2) is 0 Å². The highest BCUT2D eigenvalue weighted by Crippen LogP contribution is 2.36. The molecule has 0 saturated heterocycles. The van der Waals surface area contributed by atoms with Gasteiger partial charge in [0.25, 0.3) is 0 Å². The molecule has 0 aromatic heterocycles. The highest BCUT2D eigenvalue weighted by Gasteiger charge is 2.39. The number of rotatable bonds is 14. The molecule has 0 aromatic carbocycles. The number of hydrogen-bond donors (Lipinski definition) is 0. The molecular weight excluding hydrogens is 340 g/mol. The molecule has 0 aliphatic carbocycles. The monoisotopic (exact) mass is 380 g/mol. The lowest BCUT2D eigenvalue weighted by Gasteiger charge is -2.36. The topological polar surface area (TPSA) is 46.2 Å². The molecule has 0 atom stereocenters. The van der Waals surface area contributed by atoms with E-state index in [1.165, 1.54) is 0 Å². The minimum atomic E-state index is -2.52. The van der Waals surface area contributed by atoms with E-state index < -0.39 is 17.1 Å². The fraction of sp³-hybridized carbons (Fsp3) is 1.00. The summed E-state index contributed by atoms with van der Waals surface area (Å²) in [7, 11) is -4.19. The third-order valence-electron chi connectivity index (χ3n) is 4.36. The van der Waals surface area contributed by atoms with Crippen LogP contribution in [0, 0.1) is 0 Å². The summed E-state index contributed by atoms with van der Waals surface area (Å²) in [6.45, 7) is 21.1. The fourth-order valence-corrected chi connectivity index (χ4v) is 5.67. The summed E-state index contributed by atoms with van der Waals surface area (Å²) in [5.74, 6) is 0. The van der Waals surface area contributed by atoms with Gasteiger partial charge in [-0.3, -0.25) is 0 Å². The van der Waals surface area contributed by atoms with Crippen molar-refractivity contribution in [1.82, 2.24) is 0 Å². The maximum Gasteiger partial charge on any atom is 0.501 e. The smallest absolute Gasteiger partial charge is 0.414 e. The molecule has 0 rings (SSSR count). The zero-order valence-electron chi connectivity index (χ0n) is 17.2. The lowest BCUT2D eigenvalue weighted by atomic mass is 10.2. The molecule has 0 heterocycles. The van der Waals surface area contributed by atoms with E-state index in [0.717, 1.165) is 12.5 Å². The first-order valence-corrected chi connectivity index (χ1v) is 14.1. The zero-order chi connectivity index (χ0) is 18.7. The molecule has 0 fully saturated rings. The summed E-state index contributed by atoms with van der Waals surface area (Å²) < 4.78 is 29.4. The zero-order valence-corrected chi connectivity index (χ0v) is 19.2. The van der Waals surface area contributed by atoms with Crippen molar-refractivity contribution in [2.75, 3.05) is 39.6 Å². The summed E-state index contributed by atoms with van der Waals surface area (Å²) in [5.41, 5.74) is 0. The van der Waals surface area contributed by atoms with Crippen LogP contribution in [0.15, 0.2) is 0 Å². The maximum atomic E-state index is 6.11. The molecule has 0 spiro atoms. The molecule has 0 N–H and O–H groups in total. The fourth-order valence-electron chi connectivity index (χ4n) is 2.07. The third kappa shape index (κ3) is 9.08. The first-order valence-electron chi connectivity index (χ1n) is 9.27. The third-order valence-corrected chi connectivity index (χ3v) is 12.1. The molecular formula is C17H40O5Si2. The van der Waals surface area contributed by atoms with E-state index in [1.807, 2.05) is 20.8 Å². The van der Waals surface area contributed by atoms with E-state index in [0.29, 0.717) is 39.6 Å². The molecule has 0 bridgehead atoms. The van der Waals surface area contributed by atoms with Gasteiger partial charge >= 0.3 is 8.80 Å². The Morgan fingerprint density at radius 3 is 1.62 bits per heavy atom. The Morgan fingerprint density at radius 2 is 1.21 bits per heavy atom. The van der Waals surface area contributed by atoms with Crippen molar-refractivity contribution in [2.24, 2.45) is 0 Å². The highest BCUT2D eigenvalue weighted by atomic mass is 28.4. The Labute approximate surface area is 151 Å². The standard InChI is InChI=1S/C17H40O5Si2/c1-9-19-24(20-10-2,21-11-3)16-12-13-18-14-15-22-23(7,8)17(4,5)6/h9-16H2,1-8H3. The predicted molar refractivity (Wildman–Crippen MR) is 104 cm³/mol. The van der Waals surface area contributed by atoms with Crippen molar-refractivity contribution in [3.05, 3.63) is 0 Å². The van der Waals surface area contributed by atoms with Gasteiger partial charge in [-0.2, -0.15) is 0 Å². The van der Waals surface area contributed by atoms with Crippen molar-refractivity contribution in [2.45, 2.75) is 72.1 Å². The van der Waals surface area contributed by atoms with Gasteiger partial charge in [-0.15, -0.1) is 0 Å². The minimum Gasteiger partial charge on any atom is -0.414 e. The van der Waals surface area contributed by atoms with E-state index in [-0.39, 0.29) is 5.04 Å². The van der Waals surface area contributed by atoms with Gasteiger partial charge in [0.15, 0.2) is 8.32 Å². The molecule has 0 unspecified atom stereocenters. The molecule has 24 heavy (non-hydrogen) atoms. The Morgan fingerprint density at radius 1 is 0.708 bits per heavy atom. The van der Waals surface area contributed by atoms with Crippen LogP contribution in [0.25, 0.3) is 0 Å². The lowest BCUT2D eigenvalue weighted by molar-refractivity contribution is 0.0626. The Balaban J connectivity index is 4.05. The van der Waals surface area contributed by atoms with Gasteiger partial charge < -0.3 is 22.4 Å². The molecule has 0 aliphatic heterocycles. The second-order valence-corrected chi connectivity index (χ2v) is 14.8. The van der Waals surface area contributed by atoms with Gasteiger partial charge in [0, 0.05) is 32.5 Å². The molecule has 0 amide bonds. The van der Waals surface area contributed by atoms with Crippen molar-refractivity contribution in [1.29, 1.82) is 0 Å². The quantitative estimate of drug-likeness (QED) is 0.329. The van der Waals surface area contributed by atoms with Crippen molar-refractivity contribution in [3.8, 4) is 0 Å². The Bertz CT molecular complexity index is 302. The van der Waals surface area contributed by atoms with Crippen LogP contribution in [0.1, 0.15) is 48.0 Å². The summed E-state index contributed by atoms with van der Waals surface area (Å²) >= 11 is 0. The normalized spacial score (nSPS) is 13.5. The van der Waals surface area contributed by atoms with Crippen LogP contribution in [0.4, 0.5) is 0 Å². The summed E-state index contributed by atoms with van der Waals surface area (Å²) in [4.78, 5) is 0. The molecule has 7 heteroatoms. The SMILES string of the molecule is CCO[Si](CCCOCCO[Si](C)(C)C(C)(C)C)(OCC)OCC. The first-order chi connectivity index (χ1) is 11.1. The maximum absolute atomic E-state index is 6.11. The summed E-state index contributed by atoms with van der Waals surface area (Å²) in [5, 5.41) is 0.241. The summed E-state index contributed by atoms with van der Waals surface area (Å²) in [6.07, 6.45) is 0.881. The van der Waals surface area contributed by atoms with Crippen LogP contribution >= 0.6 is 0 Å². The largest absolute Gasteiger partial charge is 0.501 e. The van der Waals surface area contributed by atoms with Gasteiger partial charge in [0.05, 0.1) is 13.2 Å². The van der Waals surface area contributed by atoms with E-state index in [2.05, 4.69) is 33.9 Å². The summed E-state index contributed by atoms with van der Waals surface area (Å²) in [6, 6.07) is 0.797. The van der Waals surface area contributed by atoms with E-state index >= 15 is 0 Å². The molecule has 0 radical (unpaired) electrons. The van der Waals surface area contributed by atoms with Crippen molar-refractivity contribution < 1.29 is 22.4 Å². The van der Waals surface area contributed by atoms with E-state index in [1.54, 1.807) is 0 Å². The Hall–Kier alpha value is 0.234. The van der Waals surface area contributed by atoms with Crippen LogP contribution < -0.4 is 0 Å². The number of ether oxygens (including phenoxy) is 1. The molecule has 0 aliphatic rings. The molecule has 146 valence electrons. The average molecular weight is 381 g/mol. The highest BCUT2D eigenvalue weighted by molar-refractivity contribution is 6.74. The van der Waals surface area contributed by atoms with Gasteiger partial charge in [-0.1, -0.05) is 20.8 Å². The van der Waals surface area contributed by atoms with Crippen molar-refractivity contribution >= 4 is 17.1 Å². The van der Waals surface area contributed by atoms with Crippen molar-refractivity contribution in [3.63, 3.8) is 0 Å². The molecule has 0 aromatic rings. The van der Waals surface area contributed by atoms with Crippen LogP contribution in [-0.2, 0) is 22.4 Å². The molecule has 5 nitrogen and oxygen atoms in total. The van der Waals surface area contributed by atoms with E-state index in [4.69, 9.17) is 22.4 Å². The Kier molecular flexibility index (Phi) is 11.9. The number of hydrogen-bond acceptors (Lipinski definition) is 5. The van der Waals surface area contributed by atoms with Crippen LogP contribution in [0.3, 0.4) is 0 Å². The second-order valence-electron chi connectivity index (χ2n) is 7.31. The lowest BCUT2D eigenvalue weighted by Crippen LogP contribution is -2.46. The van der Waals surface area contributed by atoms with Gasteiger partial charge in [-0.05, 0) is 45.3 Å². The predicted octanol–water partition coefficient (Wildman–Crippen LogP) is 4.46. The first kappa shape index (κ1) is 24.2. The van der Waals surface area contributed by atoms with Crippen LogP contribution in [-0.4, -0.2) is 56.8 Å². The van der Waals surface area contributed by atoms with Gasteiger partial charge in [0.1, 0.15) is 0 Å². The van der Waals surface area contributed by atoms with Crippen LogP contribution in [0.5, 0.6) is 0 Å². The van der Waals surface area contributed by atoms with E-state index in [9.17, 15) is 0 Å². The minimum absolute atomic E-state index is 0.241. The average Bonchev–Trinajstić information content (AvgIpc) is 2.46. The second kappa shape index (κ2) is 11.8. The van der Waals surface area contributed by atoms with Crippen LogP contribution in [0.2, 0.25) is 24.2 Å².